The maximum absolute atomic E-state index is 10.7. The Morgan fingerprint density at radius 1 is 1.80 bits per heavy atom. The molecular formula is C6H11NO2S. The molecule has 1 amide bonds. The van der Waals surface area contributed by atoms with Crippen molar-refractivity contribution < 1.29 is 9.90 Å². The first-order valence-corrected chi connectivity index (χ1v) is 3.96. The lowest BCUT2D eigenvalue weighted by Crippen LogP contribution is -2.27. The zero-order valence-corrected chi connectivity index (χ0v) is 6.49. The summed E-state index contributed by atoms with van der Waals surface area (Å²) in [5, 5.41) is 12.4. The topological polar surface area (TPSA) is 49.3 Å². The molecule has 0 saturated carbocycles. The Hall–Kier alpha value is -0.480. The molecule has 0 radical (unpaired) electrons. The van der Waals surface area contributed by atoms with E-state index >= 15 is 0 Å². The number of carbonyl (C=O) groups is 1. The standard InChI is InChI=1S/C6H11NO2S/c1-2-10-5-6(9)7-3-4-8/h2,8H,1,3-5H2,(H,7,9). The van der Waals surface area contributed by atoms with E-state index in [1.807, 2.05) is 0 Å². The number of amides is 1. The van der Waals surface area contributed by atoms with Crippen LogP contribution in [0.25, 0.3) is 0 Å². The summed E-state index contributed by atoms with van der Waals surface area (Å²) in [7, 11) is 0. The first-order chi connectivity index (χ1) is 4.81. The van der Waals surface area contributed by atoms with Gasteiger partial charge in [0, 0.05) is 6.54 Å². The van der Waals surface area contributed by atoms with Crippen LogP contribution in [0.4, 0.5) is 0 Å². The lowest BCUT2D eigenvalue weighted by molar-refractivity contribution is -0.118. The normalized spacial score (nSPS) is 8.90. The lowest BCUT2D eigenvalue weighted by atomic mass is 10.6. The van der Waals surface area contributed by atoms with Crippen molar-refractivity contribution in [3.05, 3.63) is 12.0 Å². The van der Waals surface area contributed by atoms with Gasteiger partial charge in [0.05, 0.1) is 12.4 Å². The second-order valence-electron chi connectivity index (χ2n) is 1.55. The number of rotatable bonds is 5. The van der Waals surface area contributed by atoms with E-state index in [1.54, 1.807) is 5.41 Å². The van der Waals surface area contributed by atoms with Crippen LogP contribution in [0.5, 0.6) is 0 Å². The molecule has 3 nitrogen and oxygen atoms in total. The summed E-state index contributed by atoms with van der Waals surface area (Å²) in [6, 6.07) is 0. The van der Waals surface area contributed by atoms with Gasteiger partial charge in [-0.1, -0.05) is 6.58 Å². The van der Waals surface area contributed by atoms with Crippen molar-refractivity contribution >= 4 is 17.7 Å². The van der Waals surface area contributed by atoms with Crippen molar-refractivity contribution in [2.24, 2.45) is 0 Å². The summed E-state index contributed by atoms with van der Waals surface area (Å²) in [5.41, 5.74) is 0. The van der Waals surface area contributed by atoms with Crippen LogP contribution in [0.15, 0.2) is 12.0 Å². The van der Waals surface area contributed by atoms with Crippen LogP contribution in [0.3, 0.4) is 0 Å². The molecule has 0 aromatic carbocycles. The van der Waals surface area contributed by atoms with Gasteiger partial charge in [0.15, 0.2) is 0 Å². The van der Waals surface area contributed by atoms with Gasteiger partial charge in [0.25, 0.3) is 0 Å². The Balaban J connectivity index is 3.16. The predicted octanol–water partition coefficient (Wildman–Crippen LogP) is -0.0284. The fourth-order valence-electron chi connectivity index (χ4n) is 0.381. The average molecular weight is 161 g/mol. The highest BCUT2D eigenvalue weighted by Gasteiger charge is 1.96. The minimum atomic E-state index is -0.0704. The van der Waals surface area contributed by atoms with Crippen LogP contribution >= 0.6 is 11.8 Å². The molecule has 0 aromatic heterocycles. The van der Waals surface area contributed by atoms with Crippen molar-refractivity contribution in [1.82, 2.24) is 5.32 Å². The van der Waals surface area contributed by atoms with E-state index in [-0.39, 0.29) is 12.5 Å². The van der Waals surface area contributed by atoms with Crippen LogP contribution < -0.4 is 5.32 Å². The van der Waals surface area contributed by atoms with Crippen LogP contribution in [0.2, 0.25) is 0 Å². The van der Waals surface area contributed by atoms with Gasteiger partial charge in [-0.15, -0.1) is 11.8 Å². The molecule has 4 heteroatoms. The molecule has 0 aliphatic rings. The van der Waals surface area contributed by atoms with E-state index in [4.69, 9.17) is 5.11 Å². The van der Waals surface area contributed by atoms with Gasteiger partial charge in [-0.3, -0.25) is 4.79 Å². The third-order valence-electron chi connectivity index (χ3n) is 0.766. The molecule has 0 aromatic rings. The lowest BCUT2D eigenvalue weighted by Gasteiger charge is -1.99. The van der Waals surface area contributed by atoms with E-state index in [1.165, 1.54) is 11.8 Å². The zero-order valence-electron chi connectivity index (χ0n) is 5.67. The highest BCUT2D eigenvalue weighted by Crippen LogP contribution is 1.97. The molecule has 0 spiro atoms. The van der Waals surface area contributed by atoms with Crippen molar-refractivity contribution in [3.8, 4) is 0 Å². The highest BCUT2D eigenvalue weighted by molar-refractivity contribution is 8.02. The SMILES string of the molecule is C=CSCC(=O)NCCO. The monoisotopic (exact) mass is 161 g/mol. The summed E-state index contributed by atoms with van der Waals surface area (Å²) in [6.07, 6.45) is 0. The first kappa shape index (κ1) is 9.52. The van der Waals surface area contributed by atoms with Crippen molar-refractivity contribution in [1.29, 1.82) is 0 Å². The first-order valence-electron chi connectivity index (χ1n) is 2.91. The van der Waals surface area contributed by atoms with Crippen LogP contribution in [-0.2, 0) is 4.79 Å². The van der Waals surface area contributed by atoms with Gasteiger partial charge in [0.1, 0.15) is 0 Å². The Morgan fingerprint density at radius 2 is 2.50 bits per heavy atom. The summed E-state index contributed by atoms with van der Waals surface area (Å²) in [6.45, 7) is 3.77. The molecular weight excluding hydrogens is 150 g/mol. The number of thioether (sulfide) groups is 1. The molecule has 0 bridgehead atoms. The quantitative estimate of drug-likeness (QED) is 0.595. The molecule has 0 aliphatic heterocycles. The number of hydrogen-bond acceptors (Lipinski definition) is 3. The number of aliphatic hydroxyl groups is 1. The fourth-order valence-corrected chi connectivity index (χ4v) is 0.752. The number of aliphatic hydroxyl groups excluding tert-OH is 1. The van der Waals surface area contributed by atoms with Crippen molar-refractivity contribution in [3.63, 3.8) is 0 Å². The maximum Gasteiger partial charge on any atom is 0.230 e. The van der Waals surface area contributed by atoms with Gasteiger partial charge in [-0.05, 0) is 5.41 Å². The van der Waals surface area contributed by atoms with E-state index in [2.05, 4.69) is 11.9 Å². The maximum atomic E-state index is 10.7. The molecule has 0 fully saturated rings. The summed E-state index contributed by atoms with van der Waals surface area (Å²) >= 11 is 1.34. The largest absolute Gasteiger partial charge is 0.395 e. The summed E-state index contributed by atoms with van der Waals surface area (Å²) < 4.78 is 0. The van der Waals surface area contributed by atoms with Crippen LogP contribution in [-0.4, -0.2) is 29.9 Å². The average Bonchev–Trinajstić information content (AvgIpc) is 1.97. The van der Waals surface area contributed by atoms with Crippen molar-refractivity contribution in [2.45, 2.75) is 0 Å². The van der Waals surface area contributed by atoms with Gasteiger partial charge in [-0.25, -0.2) is 0 Å². The third kappa shape index (κ3) is 5.65. The molecule has 0 aliphatic carbocycles. The van der Waals surface area contributed by atoms with E-state index in [0.29, 0.717) is 12.3 Å². The van der Waals surface area contributed by atoms with Gasteiger partial charge >= 0.3 is 0 Å². The Bertz CT molecular complexity index is 116. The second kappa shape index (κ2) is 6.64. The molecule has 58 valence electrons. The van der Waals surface area contributed by atoms with Gasteiger partial charge < -0.3 is 10.4 Å². The van der Waals surface area contributed by atoms with E-state index in [9.17, 15) is 4.79 Å². The third-order valence-corrected chi connectivity index (χ3v) is 1.43. The molecule has 10 heavy (non-hydrogen) atoms. The van der Waals surface area contributed by atoms with E-state index < -0.39 is 0 Å². The van der Waals surface area contributed by atoms with Crippen LogP contribution in [0.1, 0.15) is 0 Å². The van der Waals surface area contributed by atoms with Gasteiger partial charge in [0.2, 0.25) is 5.91 Å². The summed E-state index contributed by atoms with van der Waals surface area (Å²) in [5.74, 6) is 0.308. The Kier molecular flexibility index (Phi) is 6.32. The number of carbonyl (C=O) groups excluding carboxylic acids is 1. The molecule has 0 heterocycles. The summed E-state index contributed by atoms with van der Waals surface area (Å²) in [4.78, 5) is 10.7. The molecule has 2 N–H and O–H groups in total. The minimum Gasteiger partial charge on any atom is -0.395 e. The Morgan fingerprint density at radius 3 is 3.00 bits per heavy atom. The highest BCUT2D eigenvalue weighted by atomic mass is 32.2. The zero-order chi connectivity index (χ0) is 7.82. The molecule has 0 unspecified atom stereocenters. The smallest absolute Gasteiger partial charge is 0.230 e. The fraction of sp³-hybridized carbons (Fsp3) is 0.500. The Labute approximate surface area is 64.5 Å². The molecule has 0 rings (SSSR count). The van der Waals surface area contributed by atoms with Crippen LogP contribution in [0, 0.1) is 0 Å². The predicted molar refractivity (Wildman–Crippen MR) is 42.8 cm³/mol. The number of hydrogen-bond donors (Lipinski definition) is 2. The second-order valence-corrected chi connectivity index (χ2v) is 2.51. The molecule has 0 saturated heterocycles. The van der Waals surface area contributed by atoms with E-state index in [0.717, 1.165) is 0 Å². The van der Waals surface area contributed by atoms with Crippen molar-refractivity contribution in [2.75, 3.05) is 18.9 Å². The minimum absolute atomic E-state index is 0.00943. The molecule has 0 atom stereocenters. The number of nitrogens with one attached hydrogen (secondary N) is 1. The van der Waals surface area contributed by atoms with Gasteiger partial charge in [-0.2, -0.15) is 0 Å².